The zero-order valence-corrected chi connectivity index (χ0v) is 11.1. The maximum atomic E-state index is 13.6. The van der Waals surface area contributed by atoms with Crippen LogP contribution in [0.3, 0.4) is 0 Å². The highest BCUT2D eigenvalue weighted by Gasteiger charge is 2.15. The van der Waals surface area contributed by atoms with Gasteiger partial charge in [0.1, 0.15) is 17.3 Å². The smallest absolute Gasteiger partial charge is 0.337 e. The van der Waals surface area contributed by atoms with E-state index in [1.807, 2.05) is 0 Å². The van der Waals surface area contributed by atoms with Crippen molar-refractivity contribution in [2.75, 3.05) is 5.32 Å². The maximum Gasteiger partial charge on any atom is 0.337 e. The van der Waals surface area contributed by atoms with Crippen LogP contribution in [-0.2, 0) is 4.79 Å². The fourth-order valence-corrected chi connectivity index (χ4v) is 1.70. The number of carbonyl (C=O) groups excluding carboxylic acids is 1. The number of amides is 1. The summed E-state index contributed by atoms with van der Waals surface area (Å²) in [5.74, 6) is -1.63. The van der Waals surface area contributed by atoms with Gasteiger partial charge in [-0.15, -0.1) is 0 Å². The van der Waals surface area contributed by atoms with E-state index in [2.05, 4.69) is 5.32 Å². The van der Waals surface area contributed by atoms with Crippen LogP contribution in [0.1, 0.15) is 21.9 Å². The molecule has 0 spiro atoms. The fourth-order valence-electron chi connectivity index (χ4n) is 1.70. The molecule has 0 aliphatic heterocycles. The molecule has 1 amide bonds. The summed E-state index contributed by atoms with van der Waals surface area (Å²) >= 11 is 0. The zero-order valence-electron chi connectivity index (χ0n) is 11.1. The van der Waals surface area contributed by atoms with Crippen LogP contribution in [0.15, 0.2) is 40.8 Å². The van der Waals surface area contributed by atoms with Crippen molar-refractivity contribution in [1.82, 2.24) is 0 Å². The zero-order chi connectivity index (χ0) is 15.4. The van der Waals surface area contributed by atoms with E-state index < -0.39 is 17.7 Å². The summed E-state index contributed by atoms with van der Waals surface area (Å²) < 4.78 is 18.9. The van der Waals surface area contributed by atoms with Crippen molar-refractivity contribution in [3.63, 3.8) is 0 Å². The number of aromatic carboxylic acids is 1. The lowest BCUT2D eigenvalue weighted by Gasteiger charge is -2.07. The highest BCUT2D eigenvalue weighted by Crippen LogP contribution is 2.20. The van der Waals surface area contributed by atoms with Crippen LogP contribution in [0.25, 0.3) is 6.08 Å². The van der Waals surface area contributed by atoms with Gasteiger partial charge >= 0.3 is 5.97 Å². The van der Waals surface area contributed by atoms with E-state index in [0.717, 1.165) is 12.1 Å². The first-order chi connectivity index (χ1) is 9.97. The van der Waals surface area contributed by atoms with E-state index in [9.17, 15) is 14.0 Å². The summed E-state index contributed by atoms with van der Waals surface area (Å²) in [6.45, 7) is 1.76. The number of carbonyl (C=O) groups is 2. The molecule has 0 atom stereocenters. The number of carboxylic acid groups (broad SMARTS) is 1. The third kappa shape index (κ3) is 3.56. The second-order valence-electron chi connectivity index (χ2n) is 4.24. The summed E-state index contributed by atoms with van der Waals surface area (Å²) in [4.78, 5) is 22.7. The Morgan fingerprint density at radius 2 is 2.05 bits per heavy atom. The fraction of sp³-hybridized carbons (Fsp3) is 0.0667. The number of hydrogen-bond donors (Lipinski definition) is 2. The predicted molar refractivity (Wildman–Crippen MR) is 74.5 cm³/mol. The predicted octanol–water partition coefficient (Wildman–Crippen LogP) is 3.08. The topological polar surface area (TPSA) is 79.5 Å². The van der Waals surface area contributed by atoms with Gasteiger partial charge in [0.25, 0.3) is 0 Å². The van der Waals surface area contributed by atoms with Gasteiger partial charge < -0.3 is 14.8 Å². The Morgan fingerprint density at radius 1 is 1.29 bits per heavy atom. The van der Waals surface area contributed by atoms with Gasteiger partial charge in [-0.2, -0.15) is 0 Å². The minimum absolute atomic E-state index is 0.314. The normalized spacial score (nSPS) is 10.8. The molecule has 0 bridgehead atoms. The lowest BCUT2D eigenvalue weighted by Crippen LogP contribution is -2.13. The average Bonchev–Trinajstić information content (AvgIpc) is 2.84. The molecule has 1 heterocycles. The molecule has 6 heteroatoms. The summed E-state index contributed by atoms with van der Waals surface area (Å²) in [5.41, 5.74) is -0.680. The van der Waals surface area contributed by atoms with Crippen molar-refractivity contribution in [2.24, 2.45) is 0 Å². The molecule has 0 aliphatic rings. The van der Waals surface area contributed by atoms with Gasteiger partial charge in [-0.25, -0.2) is 9.18 Å². The maximum absolute atomic E-state index is 13.6. The molecule has 21 heavy (non-hydrogen) atoms. The van der Waals surface area contributed by atoms with E-state index >= 15 is 0 Å². The van der Waals surface area contributed by atoms with E-state index in [1.165, 1.54) is 18.2 Å². The number of furan rings is 1. The third-order valence-electron chi connectivity index (χ3n) is 2.65. The second kappa shape index (κ2) is 6.04. The summed E-state index contributed by atoms with van der Waals surface area (Å²) in [7, 11) is 0. The SMILES string of the molecule is Cc1ccc(/C=C/C(=O)Nc2c(F)cccc2C(=O)O)o1. The van der Waals surface area contributed by atoms with Gasteiger partial charge in [-0.05, 0) is 37.3 Å². The molecule has 5 nitrogen and oxygen atoms in total. The number of aryl methyl sites for hydroxylation is 1. The standard InChI is InChI=1S/C15H12FNO4/c1-9-5-6-10(21-9)7-8-13(18)17-14-11(15(19)20)3-2-4-12(14)16/h2-8H,1H3,(H,17,18)(H,19,20)/b8-7+. The molecule has 1 aromatic heterocycles. The van der Waals surface area contributed by atoms with Crippen molar-refractivity contribution in [3.8, 4) is 0 Å². The number of anilines is 1. The molecule has 0 saturated carbocycles. The molecule has 0 saturated heterocycles. The van der Waals surface area contributed by atoms with Gasteiger partial charge in [0, 0.05) is 6.08 Å². The van der Waals surface area contributed by atoms with Crippen molar-refractivity contribution in [2.45, 2.75) is 6.92 Å². The minimum Gasteiger partial charge on any atom is -0.478 e. The van der Waals surface area contributed by atoms with Gasteiger partial charge in [0.15, 0.2) is 0 Å². The van der Waals surface area contributed by atoms with E-state index in [0.29, 0.717) is 11.5 Å². The first-order valence-electron chi connectivity index (χ1n) is 6.04. The Hall–Kier alpha value is -2.89. The highest BCUT2D eigenvalue weighted by molar-refractivity contribution is 6.06. The van der Waals surface area contributed by atoms with Crippen LogP contribution in [0.5, 0.6) is 0 Å². The van der Waals surface area contributed by atoms with E-state index in [1.54, 1.807) is 19.1 Å². The van der Waals surface area contributed by atoms with Crippen LogP contribution >= 0.6 is 0 Å². The molecule has 2 aromatic rings. The van der Waals surface area contributed by atoms with Crippen LogP contribution < -0.4 is 5.32 Å². The number of rotatable bonds is 4. The van der Waals surface area contributed by atoms with Gasteiger partial charge in [0.05, 0.1) is 11.3 Å². The Bertz CT molecular complexity index is 718. The molecular formula is C15H12FNO4. The van der Waals surface area contributed by atoms with Crippen molar-refractivity contribution < 1.29 is 23.5 Å². The molecule has 0 radical (unpaired) electrons. The van der Waals surface area contributed by atoms with Gasteiger partial charge in [-0.1, -0.05) is 6.07 Å². The first-order valence-corrected chi connectivity index (χ1v) is 6.04. The Balaban J connectivity index is 2.16. The molecule has 1 aromatic carbocycles. The van der Waals surface area contributed by atoms with Gasteiger partial charge in [-0.3, -0.25) is 4.79 Å². The summed E-state index contributed by atoms with van der Waals surface area (Å²) in [6.07, 6.45) is 2.54. The number of hydrogen-bond acceptors (Lipinski definition) is 3. The van der Waals surface area contributed by atoms with Crippen molar-refractivity contribution in [1.29, 1.82) is 0 Å². The number of halogens is 1. The number of benzene rings is 1. The lowest BCUT2D eigenvalue weighted by molar-refractivity contribution is -0.111. The van der Waals surface area contributed by atoms with E-state index in [4.69, 9.17) is 9.52 Å². The lowest BCUT2D eigenvalue weighted by atomic mass is 10.1. The quantitative estimate of drug-likeness (QED) is 0.848. The van der Waals surface area contributed by atoms with Crippen LogP contribution in [0.2, 0.25) is 0 Å². The molecule has 108 valence electrons. The first kappa shape index (κ1) is 14.5. The summed E-state index contributed by atoms with van der Waals surface area (Å²) in [5, 5.41) is 11.2. The third-order valence-corrected chi connectivity index (χ3v) is 2.65. The second-order valence-corrected chi connectivity index (χ2v) is 4.24. The molecule has 0 aliphatic carbocycles. The largest absolute Gasteiger partial charge is 0.478 e. The monoisotopic (exact) mass is 289 g/mol. The van der Waals surface area contributed by atoms with Crippen molar-refractivity contribution >= 4 is 23.6 Å². The number of nitrogens with one attached hydrogen (secondary N) is 1. The van der Waals surface area contributed by atoms with Crippen LogP contribution in [-0.4, -0.2) is 17.0 Å². The molecular weight excluding hydrogens is 277 g/mol. The van der Waals surface area contributed by atoms with Crippen molar-refractivity contribution in [3.05, 3.63) is 59.3 Å². The van der Waals surface area contributed by atoms with Gasteiger partial charge in [0.2, 0.25) is 5.91 Å². The molecule has 2 rings (SSSR count). The summed E-state index contributed by atoms with van der Waals surface area (Å²) in [6, 6.07) is 6.94. The molecule has 2 N–H and O–H groups in total. The highest BCUT2D eigenvalue weighted by atomic mass is 19.1. The van der Waals surface area contributed by atoms with E-state index in [-0.39, 0.29) is 11.3 Å². The Kier molecular flexibility index (Phi) is 4.18. The Morgan fingerprint density at radius 3 is 2.67 bits per heavy atom. The number of carboxylic acids is 1. The minimum atomic E-state index is -1.32. The van der Waals surface area contributed by atoms with Crippen LogP contribution in [0.4, 0.5) is 10.1 Å². The Labute approximate surface area is 119 Å². The molecule has 0 unspecified atom stereocenters. The average molecular weight is 289 g/mol. The number of para-hydroxylation sites is 1. The van der Waals surface area contributed by atoms with Crippen LogP contribution in [0, 0.1) is 12.7 Å². The molecule has 0 fully saturated rings.